The summed E-state index contributed by atoms with van der Waals surface area (Å²) < 4.78 is 9.85. The van der Waals surface area contributed by atoms with Crippen LogP contribution in [0.4, 0.5) is 0 Å². The maximum Gasteiger partial charge on any atom is 0.228 e. The van der Waals surface area contributed by atoms with E-state index in [-0.39, 0.29) is 17.3 Å². The van der Waals surface area contributed by atoms with Gasteiger partial charge in [-0.05, 0) is 18.2 Å². The highest BCUT2D eigenvalue weighted by Crippen LogP contribution is 2.25. The van der Waals surface area contributed by atoms with Crippen molar-refractivity contribution >= 4 is 11.6 Å². The standard InChI is InChI=1S/C12H10O4/c1-15-7-3-4-8-9(5-7)10(13)6-11(16-2)12(8)14/h3-6H,1-2H3. The third kappa shape index (κ3) is 1.48. The Labute approximate surface area is 92.5 Å². The molecule has 0 spiro atoms. The molecule has 4 heteroatoms. The lowest BCUT2D eigenvalue weighted by atomic mass is 9.93. The number of fused-ring (bicyclic) bond motifs is 1. The first-order chi connectivity index (χ1) is 7.67. The highest BCUT2D eigenvalue weighted by molar-refractivity contribution is 6.23. The molecule has 0 radical (unpaired) electrons. The zero-order valence-corrected chi connectivity index (χ0v) is 8.94. The molecule has 1 aliphatic carbocycles. The molecule has 0 saturated carbocycles. The molecule has 0 bridgehead atoms. The molecule has 0 N–H and O–H groups in total. The van der Waals surface area contributed by atoms with Crippen molar-refractivity contribution in [3.63, 3.8) is 0 Å². The molecule has 0 amide bonds. The highest BCUT2D eigenvalue weighted by Gasteiger charge is 2.26. The van der Waals surface area contributed by atoms with Crippen LogP contribution < -0.4 is 4.74 Å². The van der Waals surface area contributed by atoms with Crippen LogP contribution in [-0.4, -0.2) is 25.8 Å². The summed E-state index contributed by atoms with van der Waals surface area (Å²) in [5.74, 6) is 0.0990. The topological polar surface area (TPSA) is 52.6 Å². The van der Waals surface area contributed by atoms with E-state index in [9.17, 15) is 9.59 Å². The van der Waals surface area contributed by atoms with Crippen molar-refractivity contribution in [1.82, 2.24) is 0 Å². The third-order valence-corrected chi connectivity index (χ3v) is 2.44. The lowest BCUT2D eigenvalue weighted by molar-refractivity contribution is 0.0916. The third-order valence-electron chi connectivity index (χ3n) is 2.44. The van der Waals surface area contributed by atoms with Crippen LogP contribution in [0.1, 0.15) is 20.7 Å². The molecular formula is C12H10O4. The molecule has 0 aliphatic heterocycles. The van der Waals surface area contributed by atoms with Crippen molar-refractivity contribution in [3.05, 3.63) is 41.2 Å². The van der Waals surface area contributed by atoms with Crippen LogP contribution in [0.2, 0.25) is 0 Å². The summed E-state index contributed by atoms with van der Waals surface area (Å²) >= 11 is 0. The number of carbonyl (C=O) groups excluding carboxylic acids is 2. The number of Topliss-reactive ketones (excluding diaryl/α,β-unsaturated/α-hetero) is 1. The summed E-state index contributed by atoms with van der Waals surface area (Å²) in [5.41, 5.74) is 0.704. The molecule has 0 unspecified atom stereocenters. The van der Waals surface area contributed by atoms with Gasteiger partial charge in [0.15, 0.2) is 11.5 Å². The Morgan fingerprint density at radius 3 is 2.38 bits per heavy atom. The molecule has 1 aromatic carbocycles. The molecule has 0 fully saturated rings. The van der Waals surface area contributed by atoms with Gasteiger partial charge in [-0.3, -0.25) is 9.59 Å². The zero-order chi connectivity index (χ0) is 11.7. The van der Waals surface area contributed by atoms with E-state index in [1.54, 1.807) is 18.2 Å². The Morgan fingerprint density at radius 1 is 1.00 bits per heavy atom. The van der Waals surface area contributed by atoms with Crippen LogP contribution in [0.5, 0.6) is 5.75 Å². The second kappa shape index (κ2) is 3.81. The van der Waals surface area contributed by atoms with Gasteiger partial charge in [0.05, 0.1) is 14.2 Å². The van der Waals surface area contributed by atoms with Crippen molar-refractivity contribution < 1.29 is 19.1 Å². The van der Waals surface area contributed by atoms with E-state index >= 15 is 0 Å². The molecule has 16 heavy (non-hydrogen) atoms. The van der Waals surface area contributed by atoms with Gasteiger partial charge in [-0.2, -0.15) is 0 Å². The minimum Gasteiger partial charge on any atom is -0.497 e. The summed E-state index contributed by atoms with van der Waals surface area (Å²) in [4.78, 5) is 23.5. The molecule has 0 aromatic heterocycles. The van der Waals surface area contributed by atoms with Crippen molar-refractivity contribution in [2.45, 2.75) is 0 Å². The fraction of sp³-hybridized carbons (Fsp3) is 0.167. The monoisotopic (exact) mass is 218 g/mol. The smallest absolute Gasteiger partial charge is 0.228 e. The lowest BCUT2D eigenvalue weighted by Gasteiger charge is -2.14. The number of hydrogen-bond acceptors (Lipinski definition) is 4. The molecular weight excluding hydrogens is 208 g/mol. The zero-order valence-electron chi connectivity index (χ0n) is 8.94. The first-order valence-corrected chi connectivity index (χ1v) is 4.70. The Bertz CT molecular complexity index is 500. The van der Waals surface area contributed by atoms with Crippen molar-refractivity contribution in [2.75, 3.05) is 14.2 Å². The molecule has 0 atom stereocenters. The van der Waals surface area contributed by atoms with Gasteiger partial charge in [0, 0.05) is 17.2 Å². The molecule has 1 aliphatic rings. The Balaban J connectivity index is 2.56. The molecule has 0 heterocycles. The van der Waals surface area contributed by atoms with Gasteiger partial charge in [0.1, 0.15) is 5.75 Å². The average Bonchev–Trinajstić information content (AvgIpc) is 2.33. The summed E-state index contributed by atoms with van der Waals surface area (Å²) in [5, 5.41) is 0. The van der Waals surface area contributed by atoms with Crippen molar-refractivity contribution in [3.8, 4) is 5.75 Å². The number of ketones is 2. The Kier molecular flexibility index (Phi) is 2.48. The van der Waals surface area contributed by atoms with Gasteiger partial charge in [-0.1, -0.05) is 0 Å². The molecule has 1 aromatic rings. The van der Waals surface area contributed by atoms with Gasteiger partial charge in [-0.25, -0.2) is 0 Å². The summed E-state index contributed by atoms with van der Waals surface area (Å²) in [6.07, 6.45) is 1.20. The van der Waals surface area contributed by atoms with Crippen LogP contribution in [0.15, 0.2) is 30.0 Å². The van der Waals surface area contributed by atoms with E-state index in [4.69, 9.17) is 9.47 Å². The van der Waals surface area contributed by atoms with E-state index in [1.165, 1.54) is 20.3 Å². The quantitative estimate of drug-likeness (QED) is 0.756. The van der Waals surface area contributed by atoms with E-state index in [0.29, 0.717) is 16.9 Å². The van der Waals surface area contributed by atoms with Crippen molar-refractivity contribution in [1.29, 1.82) is 0 Å². The lowest BCUT2D eigenvalue weighted by Crippen LogP contribution is -2.17. The van der Waals surface area contributed by atoms with Gasteiger partial charge in [0.25, 0.3) is 0 Å². The van der Waals surface area contributed by atoms with E-state index in [1.807, 2.05) is 0 Å². The minimum atomic E-state index is -0.278. The van der Waals surface area contributed by atoms with E-state index in [2.05, 4.69) is 0 Å². The fourth-order valence-electron chi connectivity index (χ4n) is 1.60. The van der Waals surface area contributed by atoms with Crippen LogP contribution in [0.25, 0.3) is 0 Å². The number of allylic oxidation sites excluding steroid dienone is 2. The normalized spacial score (nSPS) is 14.2. The number of hydrogen-bond donors (Lipinski definition) is 0. The number of carbonyl (C=O) groups is 2. The predicted molar refractivity (Wildman–Crippen MR) is 56.7 cm³/mol. The maximum absolute atomic E-state index is 11.8. The second-order valence-electron chi connectivity index (χ2n) is 3.32. The first kappa shape index (κ1) is 10.4. The number of methoxy groups -OCH3 is 2. The largest absolute Gasteiger partial charge is 0.497 e. The van der Waals surface area contributed by atoms with Gasteiger partial charge < -0.3 is 9.47 Å². The number of benzene rings is 1. The van der Waals surface area contributed by atoms with E-state index < -0.39 is 0 Å². The Hall–Kier alpha value is -2.10. The average molecular weight is 218 g/mol. The van der Waals surface area contributed by atoms with Crippen LogP contribution in [0.3, 0.4) is 0 Å². The molecule has 0 saturated heterocycles. The van der Waals surface area contributed by atoms with Crippen LogP contribution >= 0.6 is 0 Å². The fourth-order valence-corrected chi connectivity index (χ4v) is 1.60. The minimum absolute atomic E-state index is 0.0719. The number of rotatable bonds is 2. The maximum atomic E-state index is 11.8. The van der Waals surface area contributed by atoms with Crippen LogP contribution in [0, 0.1) is 0 Å². The molecule has 2 rings (SSSR count). The number of ether oxygens (including phenoxy) is 2. The van der Waals surface area contributed by atoms with Crippen LogP contribution in [-0.2, 0) is 4.74 Å². The second-order valence-corrected chi connectivity index (χ2v) is 3.32. The predicted octanol–water partition coefficient (Wildman–Crippen LogP) is 1.60. The van der Waals surface area contributed by atoms with Crippen molar-refractivity contribution in [2.24, 2.45) is 0 Å². The summed E-state index contributed by atoms with van der Waals surface area (Å²) in [6.45, 7) is 0. The first-order valence-electron chi connectivity index (χ1n) is 4.70. The van der Waals surface area contributed by atoms with E-state index in [0.717, 1.165) is 0 Å². The molecule has 4 nitrogen and oxygen atoms in total. The Morgan fingerprint density at radius 2 is 1.75 bits per heavy atom. The molecule has 82 valence electrons. The summed E-state index contributed by atoms with van der Waals surface area (Å²) in [7, 11) is 2.87. The highest BCUT2D eigenvalue weighted by atomic mass is 16.5. The van der Waals surface area contributed by atoms with Gasteiger partial charge in [-0.15, -0.1) is 0 Å². The van der Waals surface area contributed by atoms with Gasteiger partial charge in [0.2, 0.25) is 5.78 Å². The SMILES string of the molecule is COC1=CC(=O)c2cc(OC)ccc2C1=O. The van der Waals surface area contributed by atoms with Gasteiger partial charge >= 0.3 is 0 Å². The summed E-state index contributed by atoms with van der Waals surface area (Å²) in [6, 6.07) is 4.77.